The average Bonchev–Trinajstić information content (AvgIpc) is 2.65. The predicted octanol–water partition coefficient (Wildman–Crippen LogP) is 2.02. The van der Waals surface area contributed by atoms with Gasteiger partial charge in [-0.1, -0.05) is 30.3 Å². The number of aliphatic hydroxyl groups is 1. The van der Waals surface area contributed by atoms with Crippen LogP contribution < -0.4 is 0 Å². The molecule has 5 atom stereocenters. The first-order valence-electron chi connectivity index (χ1n) is 7.33. The summed E-state index contributed by atoms with van der Waals surface area (Å²) in [5.74, 6) is -4.51. The summed E-state index contributed by atoms with van der Waals surface area (Å²) in [4.78, 5) is 24.3. The van der Waals surface area contributed by atoms with E-state index >= 15 is 0 Å². The molecule has 8 nitrogen and oxygen atoms in total. The first-order chi connectivity index (χ1) is 12.4. The van der Waals surface area contributed by atoms with Crippen LogP contribution in [0.1, 0.15) is 12.5 Å². The quantitative estimate of drug-likeness (QED) is 0.657. The van der Waals surface area contributed by atoms with Crippen molar-refractivity contribution >= 4 is 47.4 Å². The zero-order valence-electron chi connectivity index (χ0n) is 13.3. The Morgan fingerprint density at radius 3 is 2.23 bits per heavy atom. The molecule has 1 aromatic carbocycles. The SMILES string of the molecule is CC(=O)C1(O)O[C@H](C(=O)OCc2ccccc2)[C@@H](OCl)[C@H](OCl)[C@H]1OCl. The Bertz CT molecular complexity index is 631. The molecule has 1 saturated heterocycles. The second-order valence-corrected chi connectivity index (χ2v) is 6.04. The van der Waals surface area contributed by atoms with E-state index in [1.807, 2.05) is 0 Å². The normalized spacial score (nSPS) is 31.4. The van der Waals surface area contributed by atoms with Crippen molar-refractivity contribution in [2.24, 2.45) is 0 Å². The molecule has 1 heterocycles. The van der Waals surface area contributed by atoms with Crippen LogP contribution in [-0.2, 0) is 38.5 Å². The topological polar surface area (TPSA) is 101 Å². The summed E-state index contributed by atoms with van der Waals surface area (Å²) in [6, 6.07) is 8.80. The average molecular weight is 430 g/mol. The lowest BCUT2D eigenvalue weighted by molar-refractivity contribution is -0.311. The van der Waals surface area contributed by atoms with Gasteiger partial charge in [0.2, 0.25) is 0 Å². The highest BCUT2D eigenvalue weighted by molar-refractivity contribution is 6.09. The maximum absolute atomic E-state index is 12.4. The summed E-state index contributed by atoms with van der Waals surface area (Å²) in [5.41, 5.74) is 0.703. The number of rotatable bonds is 7. The van der Waals surface area contributed by atoms with Gasteiger partial charge in [0, 0.05) is 6.92 Å². The van der Waals surface area contributed by atoms with Crippen LogP contribution in [0.5, 0.6) is 0 Å². The summed E-state index contributed by atoms with van der Waals surface area (Å²) in [7, 11) is 0. The third-order valence-corrected chi connectivity index (χ3v) is 4.48. The van der Waals surface area contributed by atoms with Crippen molar-refractivity contribution in [3.63, 3.8) is 0 Å². The summed E-state index contributed by atoms with van der Waals surface area (Å²) in [6.07, 6.45) is -6.08. The van der Waals surface area contributed by atoms with Gasteiger partial charge in [-0.3, -0.25) is 17.7 Å². The maximum atomic E-state index is 12.4. The molecule has 0 aliphatic carbocycles. The van der Waals surface area contributed by atoms with Crippen LogP contribution in [0.2, 0.25) is 0 Å². The third-order valence-electron chi connectivity index (χ3n) is 3.88. The molecule has 1 unspecified atom stereocenters. The fourth-order valence-electron chi connectivity index (χ4n) is 2.48. The van der Waals surface area contributed by atoms with Gasteiger partial charge in [-0.25, -0.2) is 4.79 Å². The van der Waals surface area contributed by atoms with E-state index in [1.54, 1.807) is 30.3 Å². The zero-order chi connectivity index (χ0) is 19.3. The van der Waals surface area contributed by atoms with E-state index in [4.69, 9.17) is 45.1 Å². The van der Waals surface area contributed by atoms with Gasteiger partial charge in [0.15, 0.2) is 18.0 Å². The molecule has 0 spiro atoms. The molecular formula is C15H15Cl3O8. The minimum absolute atomic E-state index is 0.0884. The maximum Gasteiger partial charge on any atom is 0.338 e. The van der Waals surface area contributed by atoms with E-state index < -0.39 is 42.0 Å². The highest BCUT2D eigenvalue weighted by Crippen LogP contribution is 2.36. The lowest BCUT2D eigenvalue weighted by atomic mass is 9.90. The number of benzene rings is 1. The summed E-state index contributed by atoms with van der Waals surface area (Å²) >= 11 is 16.1. The zero-order valence-corrected chi connectivity index (χ0v) is 15.6. The van der Waals surface area contributed by atoms with Crippen molar-refractivity contribution < 1.29 is 37.0 Å². The highest BCUT2D eigenvalue weighted by Gasteiger charge is 2.61. The largest absolute Gasteiger partial charge is 0.459 e. The predicted molar refractivity (Wildman–Crippen MR) is 88.9 cm³/mol. The van der Waals surface area contributed by atoms with Gasteiger partial charge >= 0.3 is 5.97 Å². The van der Waals surface area contributed by atoms with Gasteiger partial charge in [0.05, 0.1) is 35.6 Å². The number of ether oxygens (including phenoxy) is 2. The molecule has 26 heavy (non-hydrogen) atoms. The van der Waals surface area contributed by atoms with Crippen LogP contribution in [0.3, 0.4) is 0 Å². The van der Waals surface area contributed by atoms with Crippen LogP contribution in [0.15, 0.2) is 30.3 Å². The first-order valence-corrected chi connectivity index (χ1v) is 8.25. The molecule has 1 aliphatic heterocycles. The van der Waals surface area contributed by atoms with E-state index in [-0.39, 0.29) is 6.61 Å². The lowest BCUT2D eigenvalue weighted by Crippen LogP contribution is -2.69. The number of halogens is 3. The Kier molecular flexibility index (Phi) is 7.63. The van der Waals surface area contributed by atoms with Crippen molar-refractivity contribution in [3.05, 3.63) is 35.9 Å². The van der Waals surface area contributed by atoms with Crippen molar-refractivity contribution in [1.82, 2.24) is 0 Å². The first kappa shape index (κ1) is 21.3. The van der Waals surface area contributed by atoms with Crippen LogP contribution in [-0.4, -0.2) is 47.1 Å². The fourth-order valence-corrected chi connectivity index (χ4v) is 3.09. The standard InChI is InChI=1S/C15H15Cl3O8/c1-8(19)15(21)13(26-18)11(25-17)10(24-16)12(23-15)14(20)22-7-9-5-3-2-4-6-9/h2-6,10-13,21H,7H2,1H3/t10-,11-,12-,13+,15?/m0/s1. The van der Waals surface area contributed by atoms with Crippen molar-refractivity contribution in [1.29, 1.82) is 0 Å². The van der Waals surface area contributed by atoms with Gasteiger partial charge in [0.25, 0.3) is 5.79 Å². The highest BCUT2D eigenvalue weighted by atomic mass is 35.5. The minimum Gasteiger partial charge on any atom is -0.459 e. The van der Waals surface area contributed by atoms with E-state index in [1.165, 1.54) is 0 Å². The Hall–Kier alpha value is -0.970. The molecule has 0 bridgehead atoms. The number of esters is 1. The van der Waals surface area contributed by atoms with E-state index in [0.29, 0.717) is 5.56 Å². The van der Waals surface area contributed by atoms with Crippen LogP contribution in [0.25, 0.3) is 0 Å². The molecule has 11 heteroatoms. The Balaban J connectivity index is 2.24. The molecule has 2 rings (SSSR count). The van der Waals surface area contributed by atoms with Crippen LogP contribution in [0, 0.1) is 0 Å². The smallest absolute Gasteiger partial charge is 0.338 e. The molecule has 0 aromatic heterocycles. The summed E-state index contributed by atoms with van der Waals surface area (Å²) < 4.78 is 24.2. The van der Waals surface area contributed by atoms with Crippen molar-refractivity contribution in [2.75, 3.05) is 0 Å². The van der Waals surface area contributed by atoms with E-state index in [9.17, 15) is 14.7 Å². The minimum atomic E-state index is -2.64. The number of carbonyl (C=O) groups excluding carboxylic acids is 2. The van der Waals surface area contributed by atoms with Gasteiger partial charge in [-0.15, -0.1) is 0 Å². The Labute approximate surface area is 164 Å². The Morgan fingerprint density at radius 1 is 1.12 bits per heavy atom. The molecule has 0 saturated carbocycles. The fraction of sp³-hybridized carbons (Fsp3) is 0.467. The Morgan fingerprint density at radius 2 is 1.73 bits per heavy atom. The van der Waals surface area contributed by atoms with E-state index in [0.717, 1.165) is 6.92 Å². The molecule has 1 aromatic rings. The molecule has 1 aliphatic rings. The van der Waals surface area contributed by atoms with Gasteiger partial charge in [0.1, 0.15) is 18.8 Å². The molecule has 1 fully saturated rings. The number of hydrogen-bond acceptors (Lipinski definition) is 8. The summed E-state index contributed by atoms with van der Waals surface area (Å²) in [5, 5.41) is 10.5. The summed E-state index contributed by atoms with van der Waals surface area (Å²) in [6.45, 7) is 0.914. The molecule has 0 radical (unpaired) electrons. The van der Waals surface area contributed by atoms with Gasteiger partial charge in [-0.05, 0) is 5.56 Å². The second kappa shape index (κ2) is 9.29. The van der Waals surface area contributed by atoms with Gasteiger partial charge in [-0.2, -0.15) is 0 Å². The van der Waals surface area contributed by atoms with Crippen molar-refractivity contribution in [2.45, 2.75) is 43.7 Å². The van der Waals surface area contributed by atoms with Gasteiger partial charge < -0.3 is 14.6 Å². The molecule has 1 N–H and O–H groups in total. The monoisotopic (exact) mass is 428 g/mol. The molecular weight excluding hydrogens is 415 g/mol. The number of ketones is 1. The third kappa shape index (κ3) is 4.29. The van der Waals surface area contributed by atoms with E-state index in [2.05, 4.69) is 12.9 Å². The van der Waals surface area contributed by atoms with Crippen molar-refractivity contribution in [3.8, 4) is 0 Å². The number of carbonyl (C=O) groups is 2. The van der Waals surface area contributed by atoms with Crippen LogP contribution in [0.4, 0.5) is 0 Å². The number of hydrogen-bond donors (Lipinski definition) is 1. The molecule has 144 valence electrons. The van der Waals surface area contributed by atoms with Crippen LogP contribution >= 0.6 is 35.6 Å². The lowest BCUT2D eigenvalue weighted by Gasteiger charge is -2.44. The number of Topliss-reactive ketones (excluding diaryl/α,β-unsaturated/α-hetero) is 1. The molecule has 0 amide bonds. The second-order valence-electron chi connectivity index (χ2n) is 5.50.